The minimum Gasteiger partial charge on any atom is -0.373 e. The molecule has 1 aromatic rings. The van der Waals surface area contributed by atoms with E-state index in [2.05, 4.69) is 18.2 Å². The molecular weight excluding hydrogens is 226 g/mol. The monoisotopic (exact) mass is 245 g/mol. The van der Waals surface area contributed by atoms with Gasteiger partial charge in [-0.3, -0.25) is 0 Å². The van der Waals surface area contributed by atoms with Crippen LogP contribution >= 0.6 is 0 Å². The van der Waals surface area contributed by atoms with E-state index in [9.17, 15) is 0 Å². The first-order valence-corrected chi connectivity index (χ1v) is 6.55. The Kier molecular flexibility index (Phi) is 5.19. The highest BCUT2D eigenvalue weighted by Gasteiger charge is 2.17. The maximum absolute atomic E-state index is 8.82. The van der Waals surface area contributed by atoms with Crippen molar-refractivity contribution in [2.75, 3.05) is 6.61 Å². The van der Waals surface area contributed by atoms with Crippen molar-refractivity contribution in [2.45, 2.75) is 44.5 Å². The fraction of sp³-hybridized carbons (Fsp3) is 0.533. The zero-order valence-corrected chi connectivity index (χ0v) is 10.5. The molecule has 0 spiro atoms. The Labute approximate surface area is 108 Å². The molecule has 0 saturated carbocycles. The van der Waals surface area contributed by atoms with Crippen LogP contribution in [0.25, 0.3) is 0 Å². The summed E-state index contributed by atoms with van der Waals surface area (Å²) in [4.78, 5) is 0. The summed E-state index contributed by atoms with van der Waals surface area (Å²) in [6.07, 6.45) is 3.75. The number of nitrogens with zero attached hydrogens (tertiary/aromatic N) is 1. The maximum atomic E-state index is 8.82. The zero-order chi connectivity index (χ0) is 12.6. The smallest absolute Gasteiger partial charge is 0.143 e. The predicted octanol–water partition coefficient (Wildman–Crippen LogP) is 3.05. The molecule has 1 aliphatic heterocycles. The third-order valence-electron chi connectivity index (χ3n) is 3.22. The lowest BCUT2D eigenvalue weighted by molar-refractivity contribution is -0.0180. The van der Waals surface area contributed by atoms with Gasteiger partial charge in [0.05, 0.1) is 25.4 Å². The van der Waals surface area contributed by atoms with E-state index >= 15 is 0 Å². The molecular formula is C15H19NO2. The van der Waals surface area contributed by atoms with Crippen molar-refractivity contribution in [3.63, 3.8) is 0 Å². The predicted molar refractivity (Wildman–Crippen MR) is 68.8 cm³/mol. The highest BCUT2D eigenvalue weighted by molar-refractivity contribution is 5.13. The molecule has 0 N–H and O–H groups in total. The maximum Gasteiger partial charge on any atom is 0.143 e. The summed E-state index contributed by atoms with van der Waals surface area (Å²) in [6.45, 7) is 1.28. The summed E-state index contributed by atoms with van der Waals surface area (Å²) in [5.74, 6) is 0. The van der Waals surface area contributed by atoms with E-state index in [0.717, 1.165) is 25.7 Å². The van der Waals surface area contributed by atoms with Crippen LogP contribution in [-0.2, 0) is 16.1 Å². The van der Waals surface area contributed by atoms with Gasteiger partial charge in [-0.2, -0.15) is 5.26 Å². The van der Waals surface area contributed by atoms with Gasteiger partial charge < -0.3 is 9.47 Å². The van der Waals surface area contributed by atoms with Gasteiger partial charge in [-0.1, -0.05) is 30.3 Å². The van der Waals surface area contributed by atoms with Crippen molar-refractivity contribution in [2.24, 2.45) is 0 Å². The molecule has 3 nitrogen and oxygen atoms in total. The van der Waals surface area contributed by atoms with Crippen molar-refractivity contribution < 1.29 is 9.47 Å². The van der Waals surface area contributed by atoms with Gasteiger partial charge in [0.2, 0.25) is 0 Å². The molecule has 1 fully saturated rings. The van der Waals surface area contributed by atoms with Crippen molar-refractivity contribution in [1.82, 2.24) is 0 Å². The number of hydrogen-bond acceptors (Lipinski definition) is 3. The lowest BCUT2D eigenvalue weighted by Gasteiger charge is -2.22. The fourth-order valence-corrected chi connectivity index (χ4v) is 2.16. The normalized spacial score (nSPS) is 24.8. The van der Waals surface area contributed by atoms with Crippen molar-refractivity contribution in [3.8, 4) is 6.07 Å². The highest BCUT2D eigenvalue weighted by Crippen LogP contribution is 2.17. The van der Waals surface area contributed by atoms with Crippen molar-refractivity contribution in [1.29, 1.82) is 5.26 Å². The van der Waals surface area contributed by atoms with Gasteiger partial charge in [0.1, 0.15) is 6.10 Å². The van der Waals surface area contributed by atoms with E-state index in [4.69, 9.17) is 14.7 Å². The van der Waals surface area contributed by atoms with E-state index in [1.165, 1.54) is 5.56 Å². The first kappa shape index (κ1) is 13.1. The molecule has 2 atom stereocenters. The van der Waals surface area contributed by atoms with Crippen LogP contribution in [0.5, 0.6) is 0 Å². The Morgan fingerprint density at radius 2 is 2.06 bits per heavy atom. The number of benzene rings is 1. The Morgan fingerprint density at radius 1 is 1.22 bits per heavy atom. The molecule has 0 bridgehead atoms. The number of nitriles is 1. The largest absolute Gasteiger partial charge is 0.373 e. The zero-order valence-electron chi connectivity index (χ0n) is 10.5. The summed E-state index contributed by atoms with van der Waals surface area (Å²) < 4.78 is 11.4. The van der Waals surface area contributed by atoms with Crippen LogP contribution in [0.1, 0.15) is 31.2 Å². The number of hydrogen-bond donors (Lipinski definition) is 0. The van der Waals surface area contributed by atoms with E-state index < -0.39 is 0 Å². The summed E-state index contributed by atoms with van der Waals surface area (Å²) in [7, 11) is 0. The summed E-state index contributed by atoms with van der Waals surface area (Å²) >= 11 is 0. The van der Waals surface area contributed by atoms with Crippen LogP contribution in [0, 0.1) is 11.3 Å². The molecule has 2 rings (SSSR count). The van der Waals surface area contributed by atoms with E-state index in [1.54, 1.807) is 0 Å². The molecule has 1 aromatic carbocycles. The summed E-state index contributed by atoms with van der Waals surface area (Å²) in [6, 6.07) is 12.4. The van der Waals surface area contributed by atoms with E-state index in [0.29, 0.717) is 13.2 Å². The SMILES string of the molecule is N#C[C@@H]1CCC[C@@H](OCc2ccccc2)CCO1. The highest BCUT2D eigenvalue weighted by atomic mass is 16.5. The Balaban J connectivity index is 1.75. The van der Waals surface area contributed by atoms with Gasteiger partial charge in [0.25, 0.3) is 0 Å². The summed E-state index contributed by atoms with van der Waals surface area (Å²) in [5, 5.41) is 8.82. The molecule has 0 unspecified atom stereocenters. The van der Waals surface area contributed by atoms with Gasteiger partial charge in [-0.25, -0.2) is 0 Å². The molecule has 3 heteroatoms. The number of ether oxygens (including phenoxy) is 2. The van der Waals surface area contributed by atoms with Crippen molar-refractivity contribution in [3.05, 3.63) is 35.9 Å². The standard InChI is InChI=1S/C15H19NO2/c16-11-15-8-4-7-14(9-10-17-15)18-12-13-5-2-1-3-6-13/h1-3,5-6,14-15H,4,7-10,12H2/t14-,15+/m1/s1. The average molecular weight is 245 g/mol. The van der Waals surface area contributed by atoms with Crippen LogP contribution < -0.4 is 0 Å². The average Bonchev–Trinajstić information content (AvgIpc) is 2.39. The van der Waals surface area contributed by atoms with Crippen LogP contribution in [0.4, 0.5) is 0 Å². The van der Waals surface area contributed by atoms with Crippen LogP contribution in [-0.4, -0.2) is 18.8 Å². The molecule has 0 aromatic heterocycles. The van der Waals surface area contributed by atoms with Crippen LogP contribution in [0.15, 0.2) is 30.3 Å². The van der Waals surface area contributed by atoms with Gasteiger partial charge >= 0.3 is 0 Å². The van der Waals surface area contributed by atoms with Crippen molar-refractivity contribution >= 4 is 0 Å². The van der Waals surface area contributed by atoms with Gasteiger partial charge in [0.15, 0.2) is 0 Å². The Bertz CT molecular complexity index is 375. The number of rotatable bonds is 3. The third-order valence-corrected chi connectivity index (χ3v) is 3.22. The van der Waals surface area contributed by atoms with E-state index in [1.807, 2.05) is 18.2 Å². The fourth-order valence-electron chi connectivity index (χ4n) is 2.16. The molecule has 1 aliphatic rings. The van der Waals surface area contributed by atoms with Crippen LogP contribution in [0.2, 0.25) is 0 Å². The minimum absolute atomic E-state index is 0.222. The second-order valence-electron chi connectivity index (χ2n) is 4.63. The molecule has 0 radical (unpaired) electrons. The second-order valence-corrected chi connectivity index (χ2v) is 4.63. The van der Waals surface area contributed by atoms with Gasteiger partial charge in [-0.05, 0) is 31.2 Å². The second kappa shape index (κ2) is 7.15. The molecule has 18 heavy (non-hydrogen) atoms. The van der Waals surface area contributed by atoms with Gasteiger partial charge in [0, 0.05) is 0 Å². The van der Waals surface area contributed by atoms with E-state index in [-0.39, 0.29) is 12.2 Å². The minimum atomic E-state index is -0.222. The quantitative estimate of drug-likeness (QED) is 0.822. The summed E-state index contributed by atoms with van der Waals surface area (Å²) in [5.41, 5.74) is 1.20. The molecule has 1 saturated heterocycles. The first-order valence-electron chi connectivity index (χ1n) is 6.55. The van der Waals surface area contributed by atoms with Crippen LogP contribution in [0.3, 0.4) is 0 Å². The molecule has 96 valence electrons. The van der Waals surface area contributed by atoms with Gasteiger partial charge in [-0.15, -0.1) is 0 Å². The lowest BCUT2D eigenvalue weighted by atomic mass is 10.1. The Hall–Kier alpha value is -1.37. The first-order chi connectivity index (χ1) is 8.88. The molecule has 1 heterocycles. The lowest BCUT2D eigenvalue weighted by Crippen LogP contribution is -2.22. The third kappa shape index (κ3) is 4.14. The Morgan fingerprint density at radius 3 is 2.83 bits per heavy atom. The topological polar surface area (TPSA) is 42.2 Å². The molecule has 0 aliphatic carbocycles. The molecule has 0 amide bonds.